The number of hydrogen-bond acceptors (Lipinski definition) is 3. The number of nitrogens with zero attached hydrogens (tertiary/aromatic N) is 1. The van der Waals surface area contributed by atoms with Gasteiger partial charge in [0.05, 0.1) is 6.42 Å². The van der Waals surface area contributed by atoms with E-state index in [4.69, 9.17) is 11.6 Å². The van der Waals surface area contributed by atoms with Crippen LogP contribution in [0.4, 0.5) is 0 Å². The molecular formula is C14H19ClN2O2S. The molecule has 2 rings (SSSR count). The Hall–Kier alpha value is -1.07. The Morgan fingerprint density at radius 2 is 2.20 bits per heavy atom. The standard InChI is InChI=1S/C14H19ClN2O2S/c1-10(15)14(19)16-11-4-6-17(7-5-11)13(18)9-12-3-2-8-20-12/h2-3,8,10-11H,4-7,9H2,1H3,(H,16,19). The molecular weight excluding hydrogens is 296 g/mol. The predicted molar refractivity (Wildman–Crippen MR) is 81.1 cm³/mol. The summed E-state index contributed by atoms with van der Waals surface area (Å²) < 4.78 is 0. The van der Waals surface area contributed by atoms with Crippen LogP contribution in [0.3, 0.4) is 0 Å². The third-order valence-corrected chi connectivity index (χ3v) is 4.54. The van der Waals surface area contributed by atoms with E-state index in [-0.39, 0.29) is 17.9 Å². The highest BCUT2D eigenvalue weighted by molar-refractivity contribution is 7.10. The van der Waals surface area contributed by atoms with Crippen molar-refractivity contribution in [3.05, 3.63) is 22.4 Å². The highest BCUT2D eigenvalue weighted by Crippen LogP contribution is 2.15. The average molecular weight is 315 g/mol. The number of hydrogen-bond donors (Lipinski definition) is 1. The maximum absolute atomic E-state index is 12.1. The monoisotopic (exact) mass is 314 g/mol. The van der Waals surface area contributed by atoms with E-state index in [1.807, 2.05) is 22.4 Å². The van der Waals surface area contributed by atoms with Crippen molar-refractivity contribution >= 4 is 34.8 Å². The summed E-state index contributed by atoms with van der Waals surface area (Å²) >= 11 is 7.34. The summed E-state index contributed by atoms with van der Waals surface area (Å²) in [6, 6.07) is 4.08. The highest BCUT2D eigenvalue weighted by atomic mass is 35.5. The Balaban J connectivity index is 1.76. The molecule has 0 spiro atoms. The Bertz CT molecular complexity index is 454. The number of rotatable bonds is 4. The molecule has 1 N–H and O–H groups in total. The van der Waals surface area contributed by atoms with E-state index >= 15 is 0 Å². The van der Waals surface area contributed by atoms with Crippen LogP contribution in [0.25, 0.3) is 0 Å². The molecule has 0 saturated carbocycles. The van der Waals surface area contributed by atoms with Crippen molar-refractivity contribution < 1.29 is 9.59 Å². The number of carbonyl (C=O) groups excluding carboxylic acids is 2. The number of alkyl halides is 1. The van der Waals surface area contributed by atoms with Gasteiger partial charge >= 0.3 is 0 Å². The zero-order chi connectivity index (χ0) is 14.5. The summed E-state index contributed by atoms with van der Waals surface area (Å²) in [6.07, 6.45) is 2.07. The van der Waals surface area contributed by atoms with E-state index in [2.05, 4.69) is 5.32 Å². The minimum atomic E-state index is -0.506. The highest BCUT2D eigenvalue weighted by Gasteiger charge is 2.24. The van der Waals surface area contributed by atoms with Crippen molar-refractivity contribution in [3.63, 3.8) is 0 Å². The number of amides is 2. The average Bonchev–Trinajstić information content (AvgIpc) is 2.92. The molecule has 0 radical (unpaired) electrons. The lowest BCUT2D eigenvalue weighted by Gasteiger charge is -2.32. The van der Waals surface area contributed by atoms with Gasteiger partial charge in [0, 0.05) is 24.0 Å². The molecule has 0 aromatic carbocycles. The summed E-state index contributed by atoms with van der Waals surface area (Å²) in [4.78, 5) is 26.6. The van der Waals surface area contributed by atoms with Crippen molar-refractivity contribution in [2.24, 2.45) is 0 Å². The smallest absolute Gasteiger partial charge is 0.237 e. The van der Waals surface area contributed by atoms with Crippen LogP contribution in [-0.2, 0) is 16.0 Å². The number of piperidine rings is 1. The van der Waals surface area contributed by atoms with E-state index < -0.39 is 5.38 Å². The molecule has 110 valence electrons. The molecule has 2 heterocycles. The number of halogens is 1. The summed E-state index contributed by atoms with van der Waals surface area (Å²) in [5.74, 6) is 0.0398. The molecule has 1 aliphatic heterocycles. The molecule has 1 fully saturated rings. The minimum Gasteiger partial charge on any atom is -0.352 e. The lowest BCUT2D eigenvalue weighted by Crippen LogP contribution is -2.48. The first kappa shape index (κ1) is 15.3. The second kappa shape index (κ2) is 7.09. The van der Waals surface area contributed by atoms with Gasteiger partial charge in [-0.2, -0.15) is 0 Å². The van der Waals surface area contributed by atoms with Crippen LogP contribution in [0.1, 0.15) is 24.6 Å². The minimum absolute atomic E-state index is 0.130. The van der Waals surface area contributed by atoms with Gasteiger partial charge in [-0.1, -0.05) is 6.07 Å². The lowest BCUT2D eigenvalue weighted by molar-refractivity contribution is -0.131. The molecule has 1 atom stereocenters. The van der Waals surface area contributed by atoms with E-state index in [9.17, 15) is 9.59 Å². The molecule has 1 aromatic rings. The molecule has 4 nitrogen and oxygen atoms in total. The fourth-order valence-corrected chi connectivity index (χ4v) is 3.02. The van der Waals surface area contributed by atoms with Gasteiger partial charge in [0.15, 0.2) is 0 Å². The molecule has 20 heavy (non-hydrogen) atoms. The van der Waals surface area contributed by atoms with Gasteiger partial charge in [0.25, 0.3) is 0 Å². The molecule has 1 unspecified atom stereocenters. The lowest BCUT2D eigenvalue weighted by atomic mass is 10.0. The Morgan fingerprint density at radius 3 is 2.75 bits per heavy atom. The zero-order valence-corrected chi connectivity index (χ0v) is 13.0. The Labute approximate surface area is 128 Å². The molecule has 1 aromatic heterocycles. The number of nitrogens with one attached hydrogen (secondary N) is 1. The Morgan fingerprint density at radius 1 is 1.50 bits per heavy atom. The summed E-state index contributed by atoms with van der Waals surface area (Å²) in [7, 11) is 0. The predicted octanol–water partition coefficient (Wildman–Crippen LogP) is 2.03. The van der Waals surface area contributed by atoms with Crippen molar-refractivity contribution in [1.82, 2.24) is 10.2 Å². The maximum Gasteiger partial charge on any atom is 0.237 e. The topological polar surface area (TPSA) is 49.4 Å². The van der Waals surface area contributed by atoms with Crippen LogP contribution in [0.5, 0.6) is 0 Å². The SMILES string of the molecule is CC(Cl)C(=O)NC1CCN(C(=O)Cc2cccs2)CC1. The quantitative estimate of drug-likeness (QED) is 0.865. The van der Waals surface area contributed by atoms with E-state index in [0.29, 0.717) is 19.5 Å². The summed E-state index contributed by atoms with van der Waals surface area (Å²) in [5, 5.41) is 4.39. The molecule has 0 aliphatic carbocycles. The van der Waals surface area contributed by atoms with E-state index in [1.165, 1.54) is 0 Å². The number of likely N-dealkylation sites (tertiary alicyclic amines) is 1. The number of thiophene rings is 1. The largest absolute Gasteiger partial charge is 0.352 e. The van der Waals surface area contributed by atoms with Crippen molar-refractivity contribution in [3.8, 4) is 0 Å². The van der Waals surface area contributed by atoms with Crippen LogP contribution in [-0.4, -0.2) is 41.2 Å². The molecule has 2 amide bonds. The normalized spacial score (nSPS) is 17.8. The second-order valence-corrected chi connectivity index (χ2v) is 6.72. The van der Waals surface area contributed by atoms with Crippen LogP contribution in [0, 0.1) is 0 Å². The first-order valence-corrected chi connectivity index (χ1v) is 8.12. The first-order valence-electron chi connectivity index (χ1n) is 6.81. The van der Waals surface area contributed by atoms with Crippen molar-refractivity contribution in [2.75, 3.05) is 13.1 Å². The van der Waals surface area contributed by atoms with Crippen LogP contribution < -0.4 is 5.32 Å². The summed E-state index contributed by atoms with van der Waals surface area (Å²) in [5.41, 5.74) is 0. The zero-order valence-electron chi connectivity index (χ0n) is 11.5. The fourth-order valence-electron chi connectivity index (χ4n) is 2.26. The molecule has 0 bridgehead atoms. The molecule has 6 heteroatoms. The van der Waals surface area contributed by atoms with Crippen LogP contribution in [0.15, 0.2) is 17.5 Å². The Kier molecular flexibility index (Phi) is 5.43. The van der Waals surface area contributed by atoms with Gasteiger partial charge in [-0.15, -0.1) is 22.9 Å². The maximum atomic E-state index is 12.1. The number of carbonyl (C=O) groups is 2. The van der Waals surface area contributed by atoms with Crippen LogP contribution in [0.2, 0.25) is 0 Å². The van der Waals surface area contributed by atoms with Crippen molar-refractivity contribution in [2.45, 2.75) is 37.6 Å². The first-order chi connectivity index (χ1) is 9.56. The third kappa shape index (κ3) is 4.21. The molecule has 1 aliphatic rings. The van der Waals surface area contributed by atoms with E-state index in [0.717, 1.165) is 17.7 Å². The summed E-state index contributed by atoms with van der Waals surface area (Å²) in [6.45, 7) is 3.06. The van der Waals surface area contributed by atoms with Crippen LogP contribution >= 0.6 is 22.9 Å². The third-order valence-electron chi connectivity index (χ3n) is 3.46. The second-order valence-electron chi connectivity index (χ2n) is 5.04. The van der Waals surface area contributed by atoms with Gasteiger partial charge in [0.1, 0.15) is 5.38 Å². The van der Waals surface area contributed by atoms with E-state index in [1.54, 1.807) is 18.3 Å². The van der Waals surface area contributed by atoms with Gasteiger partial charge < -0.3 is 10.2 Å². The van der Waals surface area contributed by atoms with Gasteiger partial charge in [-0.05, 0) is 31.2 Å². The van der Waals surface area contributed by atoms with Crippen molar-refractivity contribution in [1.29, 1.82) is 0 Å². The molecule has 1 saturated heterocycles. The van der Waals surface area contributed by atoms with Gasteiger partial charge in [-0.3, -0.25) is 9.59 Å². The van der Waals surface area contributed by atoms with Gasteiger partial charge in [-0.25, -0.2) is 0 Å². The fraction of sp³-hybridized carbons (Fsp3) is 0.571. The van der Waals surface area contributed by atoms with Gasteiger partial charge in [0.2, 0.25) is 11.8 Å².